The van der Waals surface area contributed by atoms with Gasteiger partial charge in [0.25, 0.3) is 0 Å². The molecular weight excluding hydrogens is 624 g/mol. The maximum Gasteiger partial charge on any atom is 0.420 e. The van der Waals surface area contributed by atoms with Crippen molar-refractivity contribution in [2.24, 2.45) is 0 Å². The van der Waals surface area contributed by atoms with Crippen LogP contribution in [0.25, 0.3) is 17.1 Å². The zero-order chi connectivity index (χ0) is 32.9. The van der Waals surface area contributed by atoms with Gasteiger partial charge in [-0.1, -0.05) is 0 Å². The molecule has 6 rings (SSSR count). The van der Waals surface area contributed by atoms with Gasteiger partial charge in [0.05, 0.1) is 11.9 Å². The first-order chi connectivity index (χ1) is 21.7. The van der Waals surface area contributed by atoms with Crippen molar-refractivity contribution in [2.45, 2.75) is 70.1 Å². The predicted octanol–water partition coefficient (Wildman–Crippen LogP) is 5.09. The molecule has 5 heterocycles. The van der Waals surface area contributed by atoms with E-state index in [-0.39, 0.29) is 42.0 Å². The average Bonchev–Trinajstić information content (AvgIpc) is 3.68. The van der Waals surface area contributed by atoms with Gasteiger partial charge in [0.2, 0.25) is 16.0 Å². The van der Waals surface area contributed by atoms with Gasteiger partial charge in [-0.05, 0) is 83.7 Å². The highest BCUT2D eigenvalue weighted by atomic mass is 32.2. The van der Waals surface area contributed by atoms with Crippen LogP contribution >= 0.6 is 0 Å². The minimum absolute atomic E-state index is 0.0223. The molecular formula is C31H40F4N8O2S. The van der Waals surface area contributed by atoms with Gasteiger partial charge in [0.15, 0.2) is 0 Å². The summed E-state index contributed by atoms with van der Waals surface area (Å²) in [7, 11) is -3.32. The number of aryl methyl sites for hydroxylation is 1. The lowest BCUT2D eigenvalue weighted by Crippen LogP contribution is -2.52. The zero-order valence-electron chi connectivity index (χ0n) is 26.3. The molecule has 3 aliphatic rings. The quantitative estimate of drug-likeness (QED) is 0.349. The predicted molar refractivity (Wildman–Crippen MR) is 168 cm³/mol. The first kappa shape index (κ1) is 32.6. The minimum atomic E-state index is -4.75. The number of likely N-dealkylation sites (tertiary alicyclic amines) is 1. The van der Waals surface area contributed by atoms with Crippen LogP contribution < -0.4 is 10.2 Å². The highest BCUT2D eigenvalue weighted by Crippen LogP contribution is 2.37. The Morgan fingerprint density at radius 1 is 1.00 bits per heavy atom. The summed E-state index contributed by atoms with van der Waals surface area (Å²) in [4.78, 5) is 17.2. The summed E-state index contributed by atoms with van der Waals surface area (Å²) in [5.74, 6) is -0.222. The lowest BCUT2D eigenvalue weighted by atomic mass is 9.87. The van der Waals surface area contributed by atoms with Gasteiger partial charge < -0.3 is 14.8 Å². The summed E-state index contributed by atoms with van der Waals surface area (Å²) in [6.07, 6.45) is 3.84. The molecule has 0 atom stereocenters. The Kier molecular flexibility index (Phi) is 8.78. The fourth-order valence-electron chi connectivity index (χ4n) is 6.91. The van der Waals surface area contributed by atoms with E-state index in [9.17, 15) is 21.6 Å². The fourth-order valence-corrected chi connectivity index (χ4v) is 7.78. The zero-order valence-corrected chi connectivity index (χ0v) is 27.1. The third kappa shape index (κ3) is 6.72. The number of benzene rings is 1. The van der Waals surface area contributed by atoms with Crippen molar-refractivity contribution in [1.82, 2.24) is 28.7 Å². The second-order valence-electron chi connectivity index (χ2n) is 12.9. The first-order valence-electron chi connectivity index (χ1n) is 15.7. The summed E-state index contributed by atoms with van der Waals surface area (Å²) in [5.41, 5.74) is -0.434. The van der Waals surface area contributed by atoms with E-state index in [4.69, 9.17) is 0 Å². The van der Waals surface area contributed by atoms with Gasteiger partial charge in [-0.2, -0.15) is 13.2 Å². The van der Waals surface area contributed by atoms with E-state index in [0.717, 1.165) is 51.0 Å². The SMILES string of the molecule is Cc1nc(-c2nc(NC3CCN(S(C)(=O)=O)CC3)ncc2C(F)(F)F)cn1-c1ccc(N2CCC(C)(N3CCCC3)CC2)cc1F. The van der Waals surface area contributed by atoms with Crippen LogP contribution in [0.15, 0.2) is 30.6 Å². The summed E-state index contributed by atoms with van der Waals surface area (Å²) in [6.45, 7) is 8.41. The standard InChI is InChI=1S/C31H40F4N8O2S/c1-21-37-26(28-24(31(33,34)35)19-36-29(39-28)38-22-8-14-42(15-9-22)46(3,44)45)20-43(21)27-7-6-23(18-25(27)32)40-16-10-30(2,11-17-40)41-12-4-5-13-41/h6-7,18-20,22H,4-5,8-17H2,1-3H3,(H,36,38,39). The average molecular weight is 665 g/mol. The molecule has 1 N–H and O–H groups in total. The van der Waals surface area contributed by atoms with Crippen molar-refractivity contribution in [1.29, 1.82) is 0 Å². The molecule has 2 aromatic heterocycles. The maximum absolute atomic E-state index is 15.6. The van der Waals surface area contributed by atoms with E-state index in [2.05, 4.69) is 37.0 Å². The number of aromatic nitrogens is 4. The van der Waals surface area contributed by atoms with Crippen LogP contribution in [0, 0.1) is 12.7 Å². The van der Waals surface area contributed by atoms with Crippen molar-refractivity contribution >= 4 is 21.7 Å². The van der Waals surface area contributed by atoms with E-state index in [1.54, 1.807) is 13.0 Å². The summed E-state index contributed by atoms with van der Waals surface area (Å²) in [5, 5.41) is 3.05. The molecule has 3 aliphatic heterocycles. The summed E-state index contributed by atoms with van der Waals surface area (Å²) in [6, 6.07) is 4.75. The van der Waals surface area contributed by atoms with E-state index >= 15 is 4.39 Å². The topological polar surface area (TPSA) is 99.5 Å². The van der Waals surface area contributed by atoms with Crippen molar-refractivity contribution in [3.05, 3.63) is 47.8 Å². The Morgan fingerprint density at radius 3 is 2.28 bits per heavy atom. The second-order valence-corrected chi connectivity index (χ2v) is 14.9. The smallest absolute Gasteiger partial charge is 0.371 e. The van der Waals surface area contributed by atoms with E-state index in [0.29, 0.717) is 24.9 Å². The molecule has 10 nitrogen and oxygen atoms in total. The molecule has 0 aliphatic carbocycles. The maximum atomic E-state index is 15.6. The van der Waals surface area contributed by atoms with Gasteiger partial charge in [0, 0.05) is 55.8 Å². The molecule has 3 fully saturated rings. The number of nitrogens with one attached hydrogen (secondary N) is 1. The number of anilines is 2. The Morgan fingerprint density at radius 2 is 1.67 bits per heavy atom. The number of imidazole rings is 1. The van der Waals surface area contributed by atoms with Crippen LogP contribution in [0.4, 0.5) is 29.2 Å². The Hall–Kier alpha value is -3.30. The number of piperidine rings is 2. The van der Waals surface area contributed by atoms with Crippen molar-refractivity contribution < 1.29 is 26.0 Å². The normalized spacial score (nSPS) is 20.4. The number of alkyl halides is 3. The molecule has 0 spiro atoms. The van der Waals surface area contributed by atoms with Gasteiger partial charge in [0.1, 0.15) is 28.6 Å². The van der Waals surface area contributed by atoms with Gasteiger partial charge in [-0.15, -0.1) is 0 Å². The van der Waals surface area contributed by atoms with Crippen molar-refractivity contribution in [3.8, 4) is 17.1 Å². The monoisotopic (exact) mass is 664 g/mol. The Bertz CT molecular complexity index is 1670. The van der Waals surface area contributed by atoms with E-state index in [1.807, 2.05) is 6.07 Å². The molecule has 15 heteroatoms. The van der Waals surface area contributed by atoms with Crippen molar-refractivity contribution in [2.75, 3.05) is 55.7 Å². The Labute approximate surface area is 266 Å². The summed E-state index contributed by atoms with van der Waals surface area (Å²) >= 11 is 0. The van der Waals surface area contributed by atoms with E-state index < -0.39 is 33.3 Å². The number of hydrogen-bond acceptors (Lipinski definition) is 8. The highest BCUT2D eigenvalue weighted by Gasteiger charge is 2.38. The number of hydrogen-bond donors (Lipinski definition) is 1. The fraction of sp³-hybridized carbons (Fsp3) is 0.581. The Balaban J connectivity index is 1.21. The molecule has 1 aromatic carbocycles. The summed E-state index contributed by atoms with van der Waals surface area (Å²) < 4.78 is 84.3. The number of sulfonamides is 1. The van der Waals surface area contributed by atoms with Gasteiger partial charge in [-0.3, -0.25) is 4.90 Å². The van der Waals surface area contributed by atoms with Crippen LogP contribution in [0.5, 0.6) is 0 Å². The van der Waals surface area contributed by atoms with Crippen LogP contribution in [0.3, 0.4) is 0 Å². The third-order valence-electron chi connectivity index (χ3n) is 9.74. The second kappa shape index (κ2) is 12.4. The molecule has 0 saturated carbocycles. The van der Waals surface area contributed by atoms with Crippen LogP contribution in [0.2, 0.25) is 0 Å². The molecule has 0 bridgehead atoms. The molecule has 46 heavy (non-hydrogen) atoms. The minimum Gasteiger partial charge on any atom is -0.371 e. The molecule has 0 amide bonds. The van der Waals surface area contributed by atoms with Gasteiger partial charge in [-0.25, -0.2) is 32.1 Å². The number of halogens is 4. The van der Waals surface area contributed by atoms with Crippen LogP contribution in [-0.2, 0) is 16.2 Å². The first-order valence-corrected chi connectivity index (χ1v) is 17.6. The molecule has 3 aromatic rings. The lowest BCUT2D eigenvalue weighted by molar-refractivity contribution is -0.137. The number of rotatable bonds is 7. The molecule has 3 saturated heterocycles. The van der Waals surface area contributed by atoms with Crippen molar-refractivity contribution in [3.63, 3.8) is 0 Å². The molecule has 250 valence electrons. The largest absolute Gasteiger partial charge is 0.420 e. The van der Waals surface area contributed by atoms with E-state index in [1.165, 1.54) is 34.0 Å². The third-order valence-corrected chi connectivity index (χ3v) is 11.0. The van der Waals surface area contributed by atoms with Gasteiger partial charge >= 0.3 is 6.18 Å². The van der Waals surface area contributed by atoms with Crippen LogP contribution in [-0.4, -0.2) is 94.2 Å². The number of nitrogens with zero attached hydrogens (tertiary/aromatic N) is 7. The molecule has 0 unspecified atom stereocenters. The van der Waals surface area contributed by atoms with Crippen LogP contribution in [0.1, 0.15) is 56.8 Å². The lowest BCUT2D eigenvalue weighted by Gasteiger charge is -2.46. The molecule has 0 radical (unpaired) electrons. The highest BCUT2D eigenvalue weighted by molar-refractivity contribution is 7.88.